The van der Waals surface area contributed by atoms with E-state index in [0.29, 0.717) is 18.8 Å². The largest absolute Gasteiger partial charge is 0.478 e. The lowest BCUT2D eigenvalue weighted by molar-refractivity contribution is -0.139. The Hall–Kier alpha value is -2.41. The van der Waals surface area contributed by atoms with Crippen molar-refractivity contribution in [2.45, 2.75) is 13.0 Å². The van der Waals surface area contributed by atoms with Crippen LogP contribution in [0.4, 0.5) is 0 Å². The highest BCUT2D eigenvalue weighted by molar-refractivity contribution is 5.86. The Bertz CT molecular complexity index is 362. The first-order valence-corrected chi connectivity index (χ1v) is 5.39. The van der Waals surface area contributed by atoms with Crippen LogP contribution in [0.5, 0.6) is 0 Å². The second-order valence-electron chi connectivity index (χ2n) is 3.42. The van der Waals surface area contributed by atoms with E-state index in [1.165, 1.54) is 0 Å². The summed E-state index contributed by atoms with van der Waals surface area (Å²) in [6.07, 6.45) is 1.81. The van der Waals surface area contributed by atoms with Crippen LogP contribution in [0.25, 0.3) is 0 Å². The van der Waals surface area contributed by atoms with Crippen LogP contribution in [0, 0.1) is 0 Å². The smallest absolute Gasteiger partial charge is 0.333 e. The highest BCUT2D eigenvalue weighted by atomic mass is 16.6. The molecule has 0 aromatic heterocycles. The van der Waals surface area contributed by atoms with Gasteiger partial charge in [0.2, 0.25) is 0 Å². The Morgan fingerprint density at radius 2 is 1.60 bits per heavy atom. The molecular weight excluding hydrogens is 268 g/mol. The molecule has 1 rings (SSSR count). The lowest BCUT2D eigenvalue weighted by atomic mass is 10.4. The summed E-state index contributed by atoms with van der Waals surface area (Å²) in [7, 11) is 0. The number of hydrogen-bond acceptors (Lipinski definition) is 5. The lowest BCUT2D eigenvalue weighted by Gasteiger charge is -1.99. The second kappa shape index (κ2) is 11.7. The van der Waals surface area contributed by atoms with Crippen molar-refractivity contribution in [2.24, 2.45) is 0 Å². The molecule has 1 aliphatic heterocycles. The molecule has 0 radical (unpaired) electrons. The summed E-state index contributed by atoms with van der Waals surface area (Å²) in [5.74, 6) is -2.30. The van der Waals surface area contributed by atoms with Crippen molar-refractivity contribution in [3.8, 4) is 0 Å². The topological polar surface area (TPSA) is 113 Å². The van der Waals surface area contributed by atoms with Crippen LogP contribution >= 0.6 is 0 Å². The van der Waals surface area contributed by atoms with Crippen molar-refractivity contribution < 1.29 is 34.1 Å². The molecule has 1 fully saturated rings. The van der Waals surface area contributed by atoms with E-state index in [9.17, 15) is 14.4 Å². The summed E-state index contributed by atoms with van der Waals surface area (Å²) in [5.41, 5.74) is 0.431. The molecule has 1 unspecified atom stereocenters. The highest BCUT2D eigenvalue weighted by Gasteiger charge is 2.24. The Kier molecular flexibility index (Phi) is 11.6. The van der Waals surface area contributed by atoms with E-state index < -0.39 is 11.9 Å². The van der Waals surface area contributed by atoms with E-state index in [1.807, 2.05) is 0 Å². The fourth-order valence-corrected chi connectivity index (χ4v) is 0.456. The van der Waals surface area contributed by atoms with Crippen molar-refractivity contribution in [1.82, 2.24) is 0 Å². The average Bonchev–Trinajstić information content (AvgIpc) is 3.21. The Morgan fingerprint density at radius 1 is 1.25 bits per heavy atom. The van der Waals surface area contributed by atoms with Gasteiger partial charge in [-0.05, 0) is 6.92 Å². The predicted molar refractivity (Wildman–Crippen MR) is 71.2 cm³/mol. The normalized spacial score (nSPS) is 14.2. The number of epoxide rings is 1. The standard InChI is InChI=1S/C7H10O3.2C3H4O2/c1-5(2)7(8)10-4-6-3-9-6;2*1-2-3(4)5/h6H,1,3-4H2,2H3;2*2H,1H2,(H,4,5). The Balaban J connectivity index is 0. The molecule has 1 heterocycles. The molecule has 0 aromatic carbocycles. The van der Waals surface area contributed by atoms with E-state index in [1.54, 1.807) is 6.92 Å². The van der Waals surface area contributed by atoms with Gasteiger partial charge in [0, 0.05) is 17.7 Å². The fourth-order valence-electron chi connectivity index (χ4n) is 0.456. The van der Waals surface area contributed by atoms with Gasteiger partial charge in [-0.1, -0.05) is 19.7 Å². The number of esters is 1. The van der Waals surface area contributed by atoms with E-state index in [-0.39, 0.29) is 12.1 Å². The molecule has 0 amide bonds. The van der Waals surface area contributed by atoms with Gasteiger partial charge < -0.3 is 19.7 Å². The van der Waals surface area contributed by atoms with Crippen molar-refractivity contribution >= 4 is 17.9 Å². The summed E-state index contributed by atoms with van der Waals surface area (Å²) < 4.78 is 9.60. The molecule has 0 spiro atoms. The van der Waals surface area contributed by atoms with Gasteiger partial charge in [0.25, 0.3) is 0 Å². The SMILES string of the molecule is C=C(C)C(=O)OCC1CO1.C=CC(=O)O.C=CC(=O)O. The first-order chi connectivity index (χ1) is 9.24. The number of carbonyl (C=O) groups excluding carboxylic acids is 1. The molecule has 0 saturated carbocycles. The van der Waals surface area contributed by atoms with Gasteiger partial charge in [0.1, 0.15) is 12.7 Å². The van der Waals surface area contributed by atoms with Crippen molar-refractivity contribution in [3.05, 3.63) is 37.5 Å². The zero-order chi connectivity index (χ0) is 16.1. The van der Waals surface area contributed by atoms with Gasteiger partial charge in [-0.25, -0.2) is 14.4 Å². The monoisotopic (exact) mass is 286 g/mol. The minimum Gasteiger partial charge on any atom is -0.478 e. The molecule has 0 aliphatic carbocycles. The zero-order valence-electron chi connectivity index (χ0n) is 11.2. The molecule has 1 aliphatic rings. The van der Waals surface area contributed by atoms with Crippen LogP contribution in [0.2, 0.25) is 0 Å². The van der Waals surface area contributed by atoms with Crippen LogP contribution in [0.3, 0.4) is 0 Å². The molecular formula is C13H18O7. The van der Waals surface area contributed by atoms with Gasteiger partial charge in [-0.3, -0.25) is 0 Å². The molecule has 1 atom stereocenters. The first kappa shape index (κ1) is 19.9. The van der Waals surface area contributed by atoms with Crippen molar-refractivity contribution in [1.29, 1.82) is 0 Å². The van der Waals surface area contributed by atoms with Crippen LogP contribution in [-0.2, 0) is 23.9 Å². The third-order valence-corrected chi connectivity index (χ3v) is 1.50. The minimum atomic E-state index is -0.981. The van der Waals surface area contributed by atoms with Gasteiger partial charge in [-0.15, -0.1) is 0 Å². The van der Waals surface area contributed by atoms with Gasteiger partial charge in [-0.2, -0.15) is 0 Å². The molecule has 1 saturated heterocycles. The summed E-state index contributed by atoms with van der Waals surface area (Å²) >= 11 is 0. The van der Waals surface area contributed by atoms with E-state index in [2.05, 4.69) is 19.7 Å². The summed E-state index contributed by atoms with van der Waals surface area (Å²) in [5, 5.41) is 15.2. The van der Waals surface area contributed by atoms with Gasteiger partial charge >= 0.3 is 17.9 Å². The van der Waals surface area contributed by atoms with E-state index >= 15 is 0 Å². The Labute approximate surface area is 116 Å². The van der Waals surface area contributed by atoms with Crippen LogP contribution in [0.1, 0.15) is 6.92 Å². The Morgan fingerprint density at radius 3 is 1.80 bits per heavy atom. The molecule has 7 nitrogen and oxygen atoms in total. The van der Waals surface area contributed by atoms with Crippen LogP contribution in [0.15, 0.2) is 37.5 Å². The highest BCUT2D eigenvalue weighted by Crippen LogP contribution is 2.09. The summed E-state index contributed by atoms with van der Waals surface area (Å²) in [6, 6.07) is 0. The van der Waals surface area contributed by atoms with E-state index in [0.717, 1.165) is 12.2 Å². The zero-order valence-corrected chi connectivity index (χ0v) is 11.2. The molecule has 0 aromatic rings. The molecule has 2 N–H and O–H groups in total. The fraction of sp³-hybridized carbons (Fsp3) is 0.308. The number of ether oxygens (including phenoxy) is 2. The van der Waals surface area contributed by atoms with Gasteiger partial charge in [0.05, 0.1) is 6.61 Å². The van der Waals surface area contributed by atoms with Crippen molar-refractivity contribution in [3.63, 3.8) is 0 Å². The molecule has 20 heavy (non-hydrogen) atoms. The maximum Gasteiger partial charge on any atom is 0.333 e. The number of carboxylic acids is 2. The molecule has 0 bridgehead atoms. The summed E-state index contributed by atoms with van der Waals surface area (Å²) in [4.78, 5) is 29.2. The number of aliphatic carboxylic acids is 2. The summed E-state index contributed by atoms with van der Waals surface area (Å²) in [6.45, 7) is 12.1. The minimum absolute atomic E-state index is 0.142. The van der Waals surface area contributed by atoms with Gasteiger partial charge in [0.15, 0.2) is 0 Å². The van der Waals surface area contributed by atoms with Crippen molar-refractivity contribution in [2.75, 3.05) is 13.2 Å². The predicted octanol–water partition coefficient (Wildman–Crippen LogP) is 1.02. The second-order valence-corrected chi connectivity index (χ2v) is 3.42. The quantitative estimate of drug-likeness (QED) is 0.440. The molecule has 7 heteroatoms. The first-order valence-electron chi connectivity index (χ1n) is 5.39. The maximum absolute atomic E-state index is 10.7. The number of carbonyl (C=O) groups is 3. The third-order valence-electron chi connectivity index (χ3n) is 1.50. The van der Waals surface area contributed by atoms with Crippen LogP contribution in [-0.4, -0.2) is 47.4 Å². The lowest BCUT2D eigenvalue weighted by Crippen LogP contribution is -2.09. The van der Waals surface area contributed by atoms with Crippen LogP contribution < -0.4 is 0 Å². The average molecular weight is 286 g/mol. The number of hydrogen-bond donors (Lipinski definition) is 2. The number of carboxylic acid groups (broad SMARTS) is 2. The maximum atomic E-state index is 10.7. The third kappa shape index (κ3) is 18.0. The van der Waals surface area contributed by atoms with E-state index in [4.69, 9.17) is 19.7 Å². The number of rotatable bonds is 5. The molecule has 112 valence electrons.